The smallest absolute Gasteiger partial charge is 0.336 e. The Morgan fingerprint density at radius 1 is 1.34 bits per heavy atom. The average molecular weight is 398 g/mol. The van der Waals surface area contributed by atoms with Gasteiger partial charge < -0.3 is 29.5 Å². The predicted molar refractivity (Wildman–Crippen MR) is 102 cm³/mol. The molecule has 3 heterocycles. The molecule has 0 radical (unpaired) electrons. The van der Waals surface area contributed by atoms with E-state index in [-0.39, 0.29) is 42.1 Å². The highest BCUT2D eigenvalue weighted by Crippen LogP contribution is 2.35. The number of benzene rings is 1. The number of aliphatic carboxylic acids is 1. The SMILES string of the molecule is C=C[C@@H]1CCOC2CN3C=C(C(=O)O)C(O)C(OCc4ccccc4)=C3C(=O)N21. The number of hydrogen-bond donors (Lipinski definition) is 2. The molecule has 1 aromatic rings. The summed E-state index contributed by atoms with van der Waals surface area (Å²) in [4.78, 5) is 28.1. The number of carboxylic acids is 1. The maximum atomic E-state index is 13.3. The zero-order chi connectivity index (χ0) is 20.5. The maximum absolute atomic E-state index is 13.3. The second kappa shape index (κ2) is 7.73. The van der Waals surface area contributed by atoms with Crippen molar-refractivity contribution in [2.75, 3.05) is 13.2 Å². The van der Waals surface area contributed by atoms with E-state index in [1.54, 1.807) is 11.0 Å². The fourth-order valence-electron chi connectivity index (χ4n) is 3.84. The fraction of sp³-hybridized carbons (Fsp3) is 0.333. The van der Waals surface area contributed by atoms with Gasteiger partial charge in [-0.2, -0.15) is 0 Å². The van der Waals surface area contributed by atoms with Crippen LogP contribution < -0.4 is 0 Å². The lowest BCUT2D eigenvalue weighted by atomic mass is 9.98. The molecule has 3 aliphatic rings. The summed E-state index contributed by atoms with van der Waals surface area (Å²) < 4.78 is 11.6. The number of carbonyl (C=O) groups excluding carboxylic acids is 1. The minimum Gasteiger partial charge on any atom is -0.488 e. The maximum Gasteiger partial charge on any atom is 0.336 e. The summed E-state index contributed by atoms with van der Waals surface area (Å²) in [5.41, 5.74) is 0.707. The monoisotopic (exact) mass is 398 g/mol. The molecule has 152 valence electrons. The van der Waals surface area contributed by atoms with Crippen LogP contribution in [0.1, 0.15) is 12.0 Å². The Bertz CT molecular complexity index is 894. The van der Waals surface area contributed by atoms with Crippen LogP contribution in [0.3, 0.4) is 0 Å². The Kier molecular flexibility index (Phi) is 5.12. The van der Waals surface area contributed by atoms with Crippen molar-refractivity contribution in [1.29, 1.82) is 0 Å². The van der Waals surface area contributed by atoms with Crippen molar-refractivity contribution < 1.29 is 29.3 Å². The molecule has 0 spiro atoms. The van der Waals surface area contributed by atoms with E-state index in [2.05, 4.69) is 6.58 Å². The molecule has 29 heavy (non-hydrogen) atoms. The van der Waals surface area contributed by atoms with Gasteiger partial charge in [-0.3, -0.25) is 4.79 Å². The molecule has 2 saturated heterocycles. The molecule has 0 aliphatic carbocycles. The summed E-state index contributed by atoms with van der Waals surface area (Å²) in [5.74, 6) is -1.72. The van der Waals surface area contributed by atoms with Crippen LogP contribution in [0.4, 0.5) is 0 Å². The molecular weight excluding hydrogens is 376 g/mol. The molecular formula is C21H22N2O6. The summed E-state index contributed by atoms with van der Waals surface area (Å²) >= 11 is 0. The Labute approximate surface area is 167 Å². The number of ether oxygens (including phenoxy) is 2. The standard InChI is InChI=1S/C21H22N2O6/c1-2-14-8-9-28-16-11-22-10-15(21(26)27)18(24)19(17(22)20(25)23(14)16)29-12-13-6-4-3-5-7-13/h2-7,10,14,16,18,24H,1,8-9,11-12H2,(H,26,27)/t14-,16?,18?/m1/s1. The Morgan fingerprint density at radius 2 is 2.10 bits per heavy atom. The van der Waals surface area contributed by atoms with Gasteiger partial charge in [-0.1, -0.05) is 36.4 Å². The first-order chi connectivity index (χ1) is 14.0. The quantitative estimate of drug-likeness (QED) is 0.719. The Balaban J connectivity index is 1.72. The van der Waals surface area contributed by atoms with Crippen molar-refractivity contribution in [1.82, 2.24) is 9.80 Å². The van der Waals surface area contributed by atoms with Gasteiger partial charge in [0.2, 0.25) is 0 Å². The third kappa shape index (κ3) is 3.41. The van der Waals surface area contributed by atoms with Crippen LogP contribution in [0.5, 0.6) is 0 Å². The number of rotatable bonds is 5. The number of aliphatic hydroxyl groups excluding tert-OH is 1. The molecule has 2 N–H and O–H groups in total. The van der Waals surface area contributed by atoms with Gasteiger partial charge in [0.1, 0.15) is 18.4 Å². The topological polar surface area (TPSA) is 99.5 Å². The highest BCUT2D eigenvalue weighted by Gasteiger charge is 2.47. The van der Waals surface area contributed by atoms with E-state index in [0.717, 1.165) is 5.56 Å². The summed E-state index contributed by atoms with van der Waals surface area (Å²) in [7, 11) is 0. The van der Waals surface area contributed by atoms with E-state index in [9.17, 15) is 19.8 Å². The Hall–Kier alpha value is -3.10. The summed E-state index contributed by atoms with van der Waals surface area (Å²) in [6.45, 7) is 4.63. The molecule has 3 aliphatic heterocycles. The van der Waals surface area contributed by atoms with Gasteiger partial charge in [0.05, 0.1) is 24.8 Å². The number of fused-ring (bicyclic) bond motifs is 2. The lowest BCUT2D eigenvalue weighted by molar-refractivity contribution is -0.169. The van der Waals surface area contributed by atoms with Gasteiger partial charge in [0, 0.05) is 6.20 Å². The van der Waals surface area contributed by atoms with Gasteiger partial charge in [-0.15, -0.1) is 6.58 Å². The van der Waals surface area contributed by atoms with Crippen molar-refractivity contribution in [3.8, 4) is 0 Å². The van der Waals surface area contributed by atoms with Crippen LogP contribution in [0, 0.1) is 0 Å². The first-order valence-electron chi connectivity index (χ1n) is 9.38. The van der Waals surface area contributed by atoms with Crippen molar-refractivity contribution in [3.63, 3.8) is 0 Å². The number of carbonyl (C=O) groups is 2. The van der Waals surface area contributed by atoms with E-state index < -0.39 is 18.3 Å². The zero-order valence-electron chi connectivity index (χ0n) is 15.7. The van der Waals surface area contributed by atoms with Crippen molar-refractivity contribution in [2.45, 2.75) is 31.4 Å². The van der Waals surface area contributed by atoms with E-state index >= 15 is 0 Å². The van der Waals surface area contributed by atoms with Crippen LogP contribution >= 0.6 is 0 Å². The Morgan fingerprint density at radius 3 is 2.79 bits per heavy atom. The van der Waals surface area contributed by atoms with Crippen LogP contribution in [-0.4, -0.2) is 63.4 Å². The number of amides is 1. The van der Waals surface area contributed by atoms with Crippen molar-refractivity contribution in [3.05, 3.63) is 71.8 Å². The van der Waals surface area contributed by atoms with Gasteiger partial charge in [0.25, 0.3) is 5.91 Å². The average Bonchev–Trinajstić information content (AvgIpc) is 2.73. The highest BCUT2D eigenvalue weighted by molar-refractivity contribution is 5.97. The molecule has 0 aromatic heterocycles. The molecule has 4 rings (SSSR count). The molecule has 1 amide bonds. The lowest BCUT2D eigenvalue weighted by Crippen LogP contribution is -2.61. The van der Waals surface area contributed by atoms with Gasteiger partial charge in [-0.05, 0) is 12.0 Å². The largest absolute Gasteiger partial charge is 0.488 e. The van der Waals surface area contributed by atoms with Gasteiger partial charge in [0.15, 0.2) is 12.0 Å². The third-order valence-corrected chi connectivity index (χ3v) is 5.30. The third-order valence-electron chi connectivity index (χ3n) is 5.30. The predicted octanol–water partition coefficient (Wildman–Crippen LogP) is 1.20. The van der Waals surface area contributed by atoms with Crippen LogP contribution in [-0.2, 0) is 25.7 Å². The van der Waals surface area contributed by atoms with E-state index in [1.165, 1.54) is 11.1 Å². The van der Waals surface area contributed by atoms with E-state index in [0.29, 0.717) is 13.0 Å². The second-order valence-electron chi connectivity index (χ2n) is 7.06. The van der Waals surface area contributed by atoms with Crippen molar-refractivity contribution in [2.24, 2.45) is 0 Å². The molecule has 0 saturated carbocycles. The minimum absolute atomic E-state index is 0.0643. The molecule has 2 fully saturated rings. The van der Waals surface area contributed by atoms with E-state index in [1.807, 2.05) is 30.3 Å². The molecule has 8 heteroatoms. The van der Waals surface area contributed by atoms with Gasteiger partial charge >= 0.3 is 5.97 Å². The van der Waals surface area contributed by atoms with E-state index in [4.69, 9.17) is 9.47 Å². The number of aliphatic hydroxyl groups is 1. The van der Waals surface area contributed by atoms with Crippen LogP contribution in [0.25, 0.3) is 0 Å². The first kappa shape index (κ1) is 19.2. The normalized spacial score (nSPS) is 26.4. The van der Waals surface area contributed by atoms with Crippen LogP contribution in [0.15, 0.2) is 66.2 Å². The highest BCUT2D eigenvalue weighted by atomic mass is 16.5. The van der Waals surface area contributed by atoms with Crippen LogP contribution in [0.2, 0.25) is 0 Å². The molecule has 0 bridgehead atoms. The molecule has 3 atom stereocenters. The summed E-state index contributed by atoms with van der Waals surface area (Å²) in [6, 6.07) is 9.05. The molecule has 2 unspecified atom stereocenters. The van der Waals surface area contributed by atoms with Crippen molar-refractivity contribution >= 4 is 11.9 Å². The number of hydrogen-bond acceptors (Lipinski definition) is 6. The van der Waals surface area contributed by atoms with Gasteiger partial charge in [-0.25, -0.2) is 4.79 Å². The lowest BCUT2D eigenvalue weighted by Gasteiger charge is -2.48. The summed E-state index contributed by atoms with van der Waals surface area (Å²) in [5, 5.41) is 20.2. The zero-order valence-corrected chi connectivity index (χ0v) is 15.7. The number of nitrogens with zero attached hydrogens (tertiary/aromatic N) is 2. The number of carboxylic acid groups (broad SMARTS) is 1. The fourth-order valence-corrected chi connectivity index (χ4v) is 3.84. The number of piperazine rings is 1. The molecule has 1 aromatic carbocycles. The summed E-state index contributed by atoms with van der Waals surface area (Å²) in [6.07, 6.45) is 1.54. The molecule has 8 nitrogen and oxygen atoms in total. The minimum atomic E-state index is -1.55. The first-order valence-corrected chi connectivity index (χ1v) is 9.38. The second-order valence-corrected chi connectivity index (χ2v) is 7.06.